The van der Waals surface area contributed by atoms with Crippen molar-refractivity contribution in [2.45, 2.75) is 44.4 Å². The Hall–Kier alpha value is -2.97. The molecule has 2 atom stereocenters. The lowest BCUT2D eigenvalue weighted by Gasteiger charge is -2.26. The molecule has 1 heterocycles. The van der Waals surface area contributed by atoms with Crippen LogP contribution < -0.4 is 19.5 Å². The molecule has 0 aromatic heterocycles. The van der Waals surface area contributed by atoms with Gasteiger partial charge in [0.1, 0.15) is 28.3 Å². The quantitative estimate of drug-likeness (QED) is 0.484. The number of carbonyl (C=O) groups is 1. The maximum Gasteiger partial charge on any atom is 0.573 e. The number of amides is 1. The summed E-state index contributed by atoms with van der Waals surface area (Å²) in [7, 11) is 0. The van der Waals surface area contributed by atoms with Gasteiger partial charge in [-0.15, -0.1) is 13.2 Å². The summed E-state index contributed by atoms with van der Waals surface area (Å²) in [6, 6.07) is 11.5. The first-order valence-electron chi connectivity index (χ1n) is 10.4. The third-order valence-corrected chi connectivity index (χ3v) is 5.61. The fraction of sp³-hybridized carbons (Fsp3) is 0.391. The second-order valence-corrected chi connectivity index (χ2v) is 8.53. The zero-order valence-electron chi connectivity index (χ0n) is 18.2. The summed E-state index contributed by atoms with van der Waals surface area (Å²) in [5, 5.41) is 12.2. The van der Waals surface area contributed by atoms with Gasteiger partial charge in [0.05, 0.1) is 12.7 Å². The number of nitriles is 1. The Kier molecular flexibility index (Phi) is 8.28. The van der Waals surface area contributed by atoms with Crippen LogP contribution in [0.15, 0.2) is 46.9 Å². The van der Waals surface area contributed by atoms with Gasteiger partial charge in [-0.2, -0.15) is 5.26 Å². The molecule has 0 saturated carbocycles. The summed E-state index contributed by atoms with van der Waals surface area (Å²) in [6.07, 6.45) is -2.40. The van der Waals surface area contributed by atoms with Gasteiger partial charge in [0.25, 0.3) is 5.91 Å². The highest BCUT2D eigenvalue weighted by atomic mass is 79.9. The molecular weight excluding hydrogens is 521 g/mol. The number of hydrogen-bond acceptors (Lipinski definition) is 6. The summed E-state index contributed by atoms with van der Waals surface area (Å²) in [5.74, 6) is -0.191. The minimum Gasteiger partial charge on any atom is -0.489 e. The molecule has 1 saturated heterocycles. The van der Waals surface area contributed by atoms with Crippen molar-refractivity contribution in [2.75, 3.05) is 13.2 Å². The van der Waals surface area contributed by atoms with Crippen LogP contribution >= 0.6 is 15.9 Å². The number of halogens is 4. The Labute approximate surface area is 202 Å². The van der Waals surface area contributed by atoms with Crippen molar-refractivity contribution in [3.8, 4) is 23.3 Å². The molecule has 0 aliphatic carbocycles. The Morgan fingerprint density at radius 2 is 1.91 bits per heavy atom. The minimum atomic E-state index is -4.83. The number of nitrogens with zero attached hydrogens (tertiary/aromatic N) is 1. The van der Waals surface area contributed by atoms with E-state index < -0.39 is 23.6 Å². The van der Waals surface area contributed by atoms with Gasteiger partial charge >= 0.3 is 6.36 Å². The first-order chi connectivity index (χ1) is 16.1. The number of alkyl halides is 3. The predicted octanol–water partition coefficient (Wildman–Crippen LogP) is 5.34. The van der Waals surface area contributed by atoms with Crippen molar-refractivity contribution < 1.29 is 36.9 Å². The highest BCUT2D eigenvalue weighted by Crippen LogP contribution is 2.36. The van der Waals surface area contributed by atoms with Gasteiger partial charge in [-0.05, 0) is 72.1 Å². The van der Waals surface area contributed by atoms with E-state index >= 15 is 0 Å². The lowest BCUT2D eigenvalue weighted by molar-refractivity contribution is -0.274. The maximum atomic E-state index is 12.5. The van der Waals surface area contributed by atoms with Gasteiger partial charge in [0.15, 0.2) is 11.8 Å². The monoisotopic (exact) mass is 542 g/mol. The molecule has 0 bridgehead atoms. The van der Waals surface area contributed by atoms with E-state index in [1.807, 2.05) is 6.07 Å². The van der Waals surface area contributed by atoms with Crippen molar-refractivity contribution in [3.63, 3.8) is 0 Å². The van der Waals surface area contributed by atoms with Crippen LogP contribution in [0.5, 0.6) is 17.2 Å². The van der Waals surface area contributed by atoms with Crippen molar-refractivity contribution in [2.24, 2.45) is 0 Å². The highest BCUT2D eigenvalue weighted by molar-refractivity contribution is 9.10. The molecule has 0 spiro atoms. The average molecular weight is 543 g/mol. The van der Waals surface area contributed by atoms with Crippen LogP contribution in [0.1, 0.15) is 36.5 Å². The van der Waals surface area contributed by atoms with Gasteiger partial charge in [0, 0.05) is 12.0 Å². The largest absolute Gasteiger partial charge is 0.573 e. The molecule has 3 rings (SSSR count). The molecule has 0 unspecified atom stereocenters. The number of rotatable bonds is 8. The lowest BCUT2D eigenvalue weighted by Crippen LogP contribution is -2.49. The number of nitrogens with one attached hydrogen (secondary N) is 1. The van der Waals surface area contributed by atoms with Gasteiger partial charge in [-0.1, -0.05) is 6.07 Å². The second kappa shape index (κ2) is 11.0. The highest BCUT2D eigenvalue weighted by Gasteiger charge is 2.32. The summed E-state index contributed by atoms with van der Waals surface area (Å²) < 4.78 is 58.5. The molecule has 34 heavy (non-hydrogen) atoms. The lowest BCUT2D eigenvalue weighted by atomic mass is 10.1. The molecular formula is C23H22BrF3N2O5. The summed E-state index contributed by atoms with van der Waals surface area (Å²) >= 11 is 3.45. The van der Waals surface area contributed by atoms with E-state index in [0.29, 0.717) is 22.6 Å². The van der Waals surface area contributed by atoms with Crippen molar-refractivity contribution >= 4 is 21.8 Å². The molecule has 0 radical (unpaired) electrons. The summed E-state index contributed by atoms with van der Waals surface area (Å²) in [4.78, 5) is 12.5. The first-order valence-corrected chi connectivity index (χ1v) is 11.2. The Balaban J connectivity index is 1.62. The van der Waals surface area contributed by atoms with Crippen LogP contribution in [-0.2, 0) is 4.74 Å². The Morgan fingerprint density at radius 3 is 2.53 bits per heavy atom. The number of carbonyl (C=O) groups excluding carboxylic acids is 1. The van der Waals surface area contributed by atoms with E-state index in [-0.39, 0.29) is 18.5 Å². The van der Waals surface area contributed by atoms with E-state index in [4.69, 9.17) is 14.2 Å². The molecule has 182 valence electrons. The zero-order valence-corrected chi connectivity index (χ0v) is 19.7. The average Bonchev–Trinajstić information content (AvgIpc) is 2.80. The normalized spacial score (nSPS) is 17.7. The van der Waals surface area contributed by atoms with Gasteiger partial charge in [-0.25, -0.2) is 0 Å². The number of hydrogen-bond donors (Lipinski definition) is 1. The standard InChI is InChI=1S/C23H22BrF3N2O5/c1-22(13-28,29-21(30)15-8-10-16(11-9-15)34-23(25,26)27)14-32-17-5-4-6-18(20(17)24)33-19-7-2-3-12-31-19/h4-6,8-11,19H,2-3,7,12,14H2,1H3,(H,29,30)/t19-,22+/m1/s1. The summed E-state index contributed by atoms with van der Waals surface area (Å²) in [5.41, 5.74) is -1.37. The Bertz CT molecular complexity index is 1040. The van der Waals surface area contributed by atoms with Gasteiger partial charge in [0.2, 0.25) is 0 Å². The Morgan fingerprint density at radius 1 is 1.21 bits per heavy atom. The zero-order chi connectivity index (χ0) is 24.8. The topological polar surface area (TPSA) is 89.8 Å². The molecule has 7 nitrogen and oxygen atoms in total. The van der Waals surface area contributed by atoms with Crippen molar-refractivity contribution in [3.05, 3.63) is 52.5 Å². The minimum absolute atomic E-state index is 0.0556. The SMILES string of the molecule is C[C@](C#N)(COc1cccc(O[C@@H]2CCCCO2)c1Br)NC(=O)c1ccc(OC(F)(F)F)cc1. The number of benzene rings is 2. The van der Waals surface area contributed by atoms with E-state index in [1.165, 1.54) is 19.1 Å². The van der Waals surface area contributed by atoms with Crippen LogP contribution in [0.4, 0.5) is 13.2 Å². The fourth-order valence-corrected chi connectivity index (χ4v) is 3.56. The molecule has 1 aliphatic heterocycles. The third-order valence-electron chi connectivity index (χ3n) is 4.83. The van der Waals surface area contributed by atoms with E-state index in [9.17, 15) is 23.2 Å². The molecule has 2 aromatic carbocycles. The molecule has 1 amide bonds. The fourth-order valence-electron chi connectivity index (χ4n) is 3.09. The van der Waals surface area contributed by atoms with Crippen LogP contribution in [0, 0.1) is 11.3 Å². The summed E-state index contributed by atoms with van der Waals surface area (Å²) in [6.45, 7) is 1.90. The first kappa shape index (κ1) is 25.6. The van der Waals surface area contributed by atoms with Crippen LogP contribution in [0.3, 0.4) is 0 Å². The molecule has 2 aromatic rings. The van der Waals surface area contributed by atoms with Crippen LogP contribution in [0.2, 0.25) is 0 Å². The van der Waals surface area contributed by atoms with E-state index in [0.717, 1.165) is 31.4 Å². The maximum absolute atomic E-state index is 12.5. The van der Waals surface area contributed by atoms with Crippen LogP contribution in [-0.4, -0.2) is 37.3 Å². The second-order valence-electron chi connectivity index (χ2n) is 7.74. The number of ether oxygens (including phenoxy) is 4. The molecule has 1 aliphatic rings. The van der Waals surface area contributed by atoms with E-state index in [2.05, 4.69) is 26.0 Å². The molecule has 1 fully saturated rings. The van der Waals surface area contributed by atoms with Crippen LogP contribution in [0.25, 0.3) is 0 Å². The van der Waals surface area contributed by atoms with Crippen molar-refractivity contribution in [1.29, 1.82) is 5.26 Å². The van der Waals surface area contributed by atoms with Gasteiger partial charge in [-0.3, -0.25) is 4.79 Å². The third kappa shape index (κ3) is 7.27. The predicted molar refractivity (Wildman–Crippen MR) is 118 cm³/mol. The molecule has 1 N–H and O–H groups in total. The van der Waals surface area contributed by atoms with E-state index in [1.54, 1.807) is 18.2 Å². The smallest absolute Gasteiger partial charge is 0.489 e. The van der Waals surface area contributed by atoms with Gasteiger partial charge < -0.3 is 24.3 Å². The molecule has 11 heteroatoms. The van der Waals surface area contributed by atoms with Crippen molar-refractivity contribution in [1.82, 2.24) is 5.32 Å².